The van der Waals surface area contributed by atoms with E-state index in [1.807, 2.05) is 6.92 Å². The summed E-state index contributed by atoms with van der Waals surface area (Å²) in [6.07, 6.45) is 10.8. The first-order chi connectivity index (χ1) is 19.9. The third kappa shape index (κ3) is 9.01. The molecule has 1 aliphatic heterocycles. The molecule has 0 spiro atoms. The Bertz CT molecular complexity index is 1400. The van der Waals surface area contributed by atoms with Crippen LogP contribution < -0.4 is 20.3 Å². The van der Waals surface area contributed by atoms with Gasteiger partial charge < -0.3 is 30.3 Å². The largest absolute Gasteiger partial charge is 0.491 e. The maximum atomic E-state index is 14.9. The molecule has 2 amide bonds. The average Bonchev–Trinajstić information content (AvgIpc) is 2.97. The zero-order chi connectivity index (χ0) is 29.6. The van der Waals surface area contributed by atoms with E-state index in [1.54, 1.807) is 18.4 Å². The molecule has 0 bridgehead atoms. The van der Waals surface area contributed by atoms with Crippen molar-refractivity contribution in [2.45, 2.75) is 13.8 Å². The maximum absolute atomic E-state index is 14.9. The summed E-state index contributed by atoms with van der Waals surface area (Å²) < 4.78 is 44.8. The number of amides is 2. The highest BCUT2D eigenvalue weighted by Gasteiger charge is 2.16. The lowest BCUT2D eigenvalue weighted by Crippen LogP contribution is -2.17. The third-order valence-electron chi connectivity index (χ3n) is 5.53. The van der Waals surface area contributed by atoms with Crippen LogP contribution in [0.1, 0.15) is 13.8 Å². The van der Waals surface area contributed by atoms with Gasteiger partial charge in [-0.2, -0.15) is 0 Å². The number of halogens is 2. The number of hydrogen-bond donors (Lipinski definition) is 3. The van der Waals surface area contributed by atoms with Gasteiger partial charge in [0.1, 0.15) is 18.2 Å². The van der Waals surface area contributed by atoms with Crippen LogP contribution in [0.15, 0.2) is 102 Å². The standard InChI is InChI=1S/C30H30F2N4O5/c1-3-39-17-18-40-27(13-16-36(20-37)24-9-6-22(31)7-10-24)21(2)30(38)35-23-8-11-28(25(32)19-23)41-29-5-4-15-34-26(29)12-14-33/h4-16,19-20,33-34H,3,17-18H2,1-2H3,(H,35,38)/b16-13-,26-12-,27-21-,33-14?. The summed E-state index contributed by atoms with van der Waals surface area (Å²) in [7, 11) is 0. The lowest BCUT2D eigenvalue weighted by molar-refractivity contribution is -0.113. The fourth-order valence-corrected chi connectivity index (χ4v) is 3.43. The van der Waals surface area contributed by atoms with Crippen molar-refractivity contribution in [2.75, 3.05) is 30.0 Å². The van der Waals surface area contributed by atoms with E-state index < -0.39 is 17.5 Å². The predicted molar refractivity (Wildman–Crippen MR) is 152 cm³/mol. The van der Waals surface area contributed by atoms with Crippen LogP contribution in [0.3, 0.4) is 0 Å². The molecule has 0 fully saturated rings. The lowest BCUT2D eigenvalue weighted by atomic mass is 10.2. The molecule has 0 aliphatic carbocycles. The minimum atomic E-state index is -0.719. The summed E-state index contributed by atoms with van der Waals surface area (Å²) in [6.45, 7) is 4.23. The van der Waals surface area contributed by atoms with Crippen LogP contribution in [0.5, 0.6) is 5.75 Å². The minimum absolute atomic E-state index is 0.0767. The van der Waals surface area contributed by atoms with Gasteiger partial charge >= 0.3 is 0 Å². The van der Waals surface area contributed by atoms with Crippen molar-refractivity contribution in [1.29, 1.82) is 5.41 Å². The summed E-state index contributed by atoms with van der Waals surface area (Å²) >= 11 is 0. The molecule has 1 aliphatic rings. The van der Waals surface area contributed by atoms with Gasteiger partial charge in [-0.15, -0.1) is 0 Å². The molecule has 2 aromatic rings. The number of anilines is 2. The lowest BCUT2D eigenvalue weighted by Gasteiger charge is -2.17. The molecular weight excluding hydrogens is 534 g/mol. The monoisotopic (exact) mass is 564 g/mol. The molecule has 41 heavy (non-hydrogen) atoms. The van der Waals surface area contributed by atoms with E-state index in [2.05, 4.69) is 10.6 Å². The van der Waals surface area contributed by atoms with Gasteiger partial charge in [0.25, 0.3) is 5.91 Å². The number of nitrogens with one attached hydrogen (secondary N) is 3. The summed E-state index contributed by atoms with van der Waals surface area (Å²) in [6, 6.07) is 9.25. The highest BCUT2D eigenvalue weighted by atomic mass is 19.1. The average molecular weight is 565 g/mol. The van der Waals surface area contributed by atoms with Crippen LogP contribution in [0.2, 0.25) is 0 Å². The first-order valence-corrected chi connectivity index (χ1v) is 12.6. The summed E-state index contributed by atoms with van der Waals surface area (Å²) in [5.74, 6) is -1.36. The second-order valence-electron chi connectivity index (χ2n) is 8.32. The Kier molecular flexibility index (Phi) is 11.6. The van der Waals surface area contributed by atoms with Crippen molar-refractivity contribution in [3.63, 3.8) is 0 Å². The van der Waals surface area contributed by atoms with Crippen molar-refractivity contribution >= 4 is 29.9 Å². The molecule has 3 rings (SSSR count). The van der Waals surface area contributed by atoms with E-state index in [-0.39, 0.29) is 36.0 Å². The van der Waals surface area contributed by atoms with Crippen LogP contribution >= 0.6 is 0 Å². The first kappa shape index (κ1) is 30.5. The number of ether oxygens (including phenoxy) is 3. The Hall–Kier alpha value is -5.03. The van der Waals surface area contributed by atoms with Gasteiger partial charge in [0.2, 0.25) is 6.41 Å². The van der Waals surface area contributed by atoms with Crippen molar-refractivity contribution in [2.24, 2.45) is 0 Å². The SMILES string of the molecule is CCOCCOC(/C=C\N(C=O)c1ccc(F)cc1)=C(/C)C(=O)Nc1ccc(OC2=CC=CN/C2=C\C=N)c(F)c1. The number of dihydropyridines is 1. The van der Waals surface area contributed by atoms with E-state index in [9.17, 15) is 18.4 Å². The first-order valence-electron chi connectivity index (χ1n) is 12.6. The highest BCUT2D eigenvalue weighted by molar-refractivity contribution is 6.04. The molecule has 11 heteroatoms. The molecule has 1 heterocycles. The quantitative estimate of drug-likeness (QED) is 0.0715. The molecular formula is C30H30F2N4O5. The van der Waals surface area contributed by atoms with Gasteiger partial charge in [-0.25, -0.2) is 8.78 Å². The van der Waals surface area contributed by atoms with Crippen molar-refractivity contribution in [3.05, 3.63) is 114 Å². The molecule has 2 aromatic carbocycles. The van der Waals surface area contributed by atoms with E-state index >= 15 is 0 Å². The summed E-state index contributed by atoms with van der Waals surface area (Å²) in [5.41, 5.74) is 1.21. The van der Waals surface area contributed by atoms with Gasteiger partial charge in [-0.1, -0.05) is 0 Å². The van der Waals surface area contributed by atoms with Crippen LogP contribution in [-0.4, -0.2) is 38.4 Å². The molecule has 0 atom stereocenters. The van der Waals surface area contributed by atoms with Crippen molar-refractivity contribution in [3.8, 4) is 5.75 Å². The van der Waals surface area contributed by atoms with Crippen molar-refractivity contribution < 1.29 is 32.6 Å². The van der Waals surface area contributed by atoms with E-state index in [1.165, 1.54) is 66.6 Å². The topological polar surface area (TPSA) is 113 Å². The van der Waals surface area contributed by atoms with Gasteiger partial charge in [0.05, 0.1) is 17.9 Å². The smallest absolute Gasteiger partial charge is 0.255 e. The third-order valence-corrected chi connectivity index (χ3v) is 5.53. The van der Waals surface area contributed by atoms with E-state index in [4.69, 9.17) is 19.6 Å². The number of allylic oxidation sites excluding steroid dienone is 4. The normalized spacial score (nSPS) is 14.1. The molecule has 0 radical (unpaired) electrons. The van der Waals surface area contributed by atoms with E-state index in [0.717, 1.165) is 12.3 Å². The number of rotatable bonds is 14. The Labute approximate surface area is 236 Å². The Morgan fingerprint density at radius 3 is 2.61 bits per heavy atom. The van der Waals surface area contributed by atoms with Crippen molar-refractivity contribution in [1.82, 2.24) is 5.32 Å². The number of nitrogens with zero attached hydrogens (tertiary/aromatic N) is 1. The van der Waals surface area contributed by atoms with Gasteiger partial charge in [0.15, 0.2) is 17.3 Å². The van der Waals surface area contributed by atoms with Gasteiger partial charge in [-0.05, 0) is 74.5 Å². The molecule has 0 unspecified atom stereocenters. The molecule has 0 saturated heterocycles. The number of hydrogen-bond acceptors (Lipinski definition) is 7. The molecule has 214 valence electrons. The molecule has 0 aromatic heterocycles. The predicted octanol–water partition coefficient (Wildman–Crippen LogP) is 5.32. The number of carbonyl (C=O) groups is 2. The minimum Gasteiger partial charge on any atom is -0.491 e. The highest BCUT2D eigenvalue weighted by Crippen LogP contribution is 2.26. The number of benzene rings is 2. The summed E-state index contributed by atoms with van der Waals surface area (Å²) in [4.78, 5) is 25.9. The molecule has 9 nitrogen and oxygen atoms in total. The number of carbonyl (C=O) groups excluding carboxylic acids is 2. The van der Waals surface area contributed by atoms with E-state index in [0.29, 0.717) is 30.2 Å². The zero-order valence-corrected chi connectivity index (χ0v) is 22.5. The van der Waals surface area contributed by atoms with Crippen LogP contribution in [0.25, 0.3) is 0 Å². The Morgan fingerprint density at radius 2 is 1.93 bits per heavy atom. The fraction of sp³-hybridized carbons (Fsp3) is 0.167. The second-order valence-corrected chi connectivity index (χ2v) is 8.32. The Morgan fingerprint density at radius 1 is 1.15 bits per heavy atom. The zero-order valence-electron chi connectivity index (χ0n) is 22.5. The molecule has 3 N–H and O–H groups in total. The second kappa shape index (κ2) is 15.5. The molecule has 0 saturated carbocycles. The van der Waals surface area contributed by atoms with Gasteiger partial charge in [-0.3, -0.25) is 14.5 Å². The van der Waals surface area contributed by atoms with Crippen LogP contribution in [0, 0.1) is 17.0 Å². The van der Waals surface area contributed by atoms with Crippen LogP contribution in [0.4, 0.5) is 20.2 Å². The fourth-order valence-electron chi connectivity index (χ4n) is 3.43. The maximum Gasteiger partial charge on any atom is 0.255 e. The van der Waals surface area contributed by atoms with Gasteiger partial charge in [0, 0.05) is 42.7 Å². The van der Waals surface area contributed by atoms with Crippen LogP contribution in [-0.2, 0) is 19.1 Å². The Balaban J connectivity index is 1.78. The summed E-state index contributed by atoms with van der Waals surface area (Å²) in [5, 5.41) is 12.8.